The van der Waals surface area contributed by atoms with Crippen molar-refractivity contribution in [2.75, 3.05) is 57.3 Å². The minimum atomic E-state index is -0.987. The summed E-state index contributed by atoms with van der Waals surface area (Å²) in [7, 11) is 0. The highest BCUT2D eigenvalue weighted by Crippen LogP contribution is 2.29. The molecular formula is C48H60N10O5. The first kappa shape index (κ1) is 43.4. The van der Waals surface area contributed by atoms with E-state index in [0.717, 1.165) is 69.9 Å². The predicted molar refractivity (Wildman–Crippen MR) is 243 cm³/mol. The summed E-state index contributed by atoms with van der Waals surface area (Å²) in [6, 6.07) is 15.4. The number of carbonyl (C=O) groups excluding carboxylic acids is 4. The van der Waals surface area contributed by atoms with E-state index in [4.69, 9.17) is 0 Å². The standard InChI is InChI=1S/C48H60N10O5/c1-3-4-9-43(59)56-18-12-33(13-19-56)28-42(47(62)57-24-22-55(23-25-57)38-10-16-49-17-11-38)52-46(61)41(29-34-26-32(2)44-37(27-34)31-50-54-44)53-48(63)58-20-14-35(15-21-58)39-30-36-7-5-6-8-40(36)51-45(39)60/h5-8,10-11,16-17,26-27,30-31,33,35,41-42H,3-4,9,12-15,18-25,28-29H2,1-2H3,(H,50,54)(H,51,60)(H,52,61)(H,53,63)/t41-,42-/m0/s1. The van der Waals surface area contributed by atoms with Crippen molar-refractivity contribution >= 4 is 51.2 Å². The number of nitrogens with zero attached hydrogens (tertiary/aromatic N) is 6. The molecule has 3 aromatic heterocycles. The summed E-state index contributed by atoms with van der Waals surface area (Å²) in [4.78, 5) is 84.3. The van der Waals surface area contributed by atoms with Gasteiger partial charge in [-0.3, -0.25) is 29.3 Å². The zero-order valence-electron chi connectivity index (χ0n) is 36.5. The van der Waals surface area contributed by atoms with Gasteiger partial charge in [0, 0.05) is 99.7 Å². The number of H-pyrrole nitrogens is 2. The van der Waals surface area contributed by atoms with Gasteiger partial charge in [-0.2, -0.15) is 5.10 Å². The lowest BCUT2D eigenvalue weighted by atomic mass is 9.89. The van der Waals surface area contributed by atoms with Gasteiger partial charge in [0.15, 0.2) is 0 Å². The van der Waals surface area contributed by atoms with Crippen LogP contribution in [0.2, 0.25) is 0 Å². The molecule has 2 aromatic carbocycles. The molecule has 15 nitrogen and oxygen atoms in total. The maximum atomic E-state index is 14.7. The van der Waals surface area contributed by atoms with Gasteiger partial charge in [0.2, 0.25) is 17.7 Å². The van der Waals surface area contributed by atoms with Crippen LogP contribution < -0.4 is 21.1 Å². The molecule has 5 amide bonds. The summed E-state index contributed by atoms with van der Waals surface area (Å²) in [6.45, 7) is 8.47. The molecule has 5 aromatic rings. The van der Waals surface area contributed by atoms with E-state index in [2.05, 4.69) is 42.6 Å². The third-order valence-electron chi connectivity index (χ3n) is 13.4. The van der Waals surface area contributed by atoms with Crippen molar-refractivity contribution in [2.45, 2.75) is 89.6 Å². The molecule has 332 valence electrons. The number of pyridine rings is 2. The molecule has 0 unspecified atom stereocenters. The number of unbranched alkanes of at least 4 members (excludes halogenated alkanes) is 1. The molecule has 0 saturated carbocycles. The average molecular weight is 857 g/mol. The summed E-state index contributed by atoms with van der Waals surface area (Å²) in [5.41, 5.74) is 5.19. The fourth-order valence-electron chi connectivity index (χ4n) is 9.67. The number of piperidine rings is 2. The first-order valence-corrected chi connectivity index (χ1v) is 22.8. The van der Waals surface area contributed by atoms with E-state index in [1.54, 1.807) is 23.5 Å². The Morgan fingerprint density at radius 1 is 0.810 bits per heavy atom. The molecule has 0 aliphatic carbocycles. The topological polar surface area (TPSA) is 180 Å². The largest absolute Gasteiger partial charge is 0.368 e. The number of piperazine rings is 1. The van der Waals surface area contributed by atoms with Crippen LogP contribution in [-0.4, -0.2) is 123 Å². The third kappa shape index (κ3) is 10.3. The van der Waals surface area contributed by atoms with E-state index in [1.165, 1.54) is 0 Å². The Hall–Kier alpha value is -6.25. The van der Waals surface area contributed by atoms with Crippen LogP contribution in [0, 0.1) is 12.8 Å². The Morgan fingerprint density at radius 2 is 1.54 bits per heavy atom. The highest BCUT2D eigenvalue weighted by atomic mass is 16.2. The fraction of sp³-hybridized carbons (Fsp3) is 0.479. The van der Waals surface area contributed by atoms with E-state index in [0.29, 0.717) is 78.0 Å². The lowest BCUT2D eigenvalue weighted by Crippen LogP contribution is -2.59. The van der Waals surface area contributed by atoms with Gasteiger partial charge in [-0.15, -0.1) is 0 Å². The number of nitrogens with one attached hydrogen (secondary N) is 4. The molecule has 63 heavy (non-hydrogen) atoms. The van der Waals surface area contributed by atoms with Crippen LogP contribution in [-0.2, 0) is 20.8 Å². The van der Waals surface area contributed by atoms with Crippen LogP contribution in [0.1, 0.15) is 80.9 Å². The van der Waals surface area contributed by atoms with Crippen LogP contribution >= 0.6 is 0 Å². The molecule has 3 saturated heterocycles. The van der Waals surface area contributed by atoms with E-state index < -0.39 is 18.0 Å². The highest BCUT2D eigenvalue weighted by Gasteiger charge is 2.36. The smallest absolute Gasteiger partial charge is 0.318 e. The number of likely N-dealkylation sites (tertiary alicyclic amines) is 2. The molecule has 3 aliphatic heterocycles. The van der Waals surface area contributed by atoms with Gasteiger partial charge in [0.25, 0.3) is 5.56 Å². The number of anilines is 1. The molecule has 3 fully saturated rings. The number of aromatic nitrogens is 4. The summed E-state index contributed by atoms with van der Waals surface area (Å²) in [6.07, 6.45) is 11.0. The van der Waals surface area contributed by atoms with Crippen LogP contribution in [0.15, 0.2) is 78.0 Å². The molecule has 0 bridgehead atoms. The second kappa shape index (κ2) is 19.9. The van der Waals surface area contributed by atoms with Crippen LogP contribution in [0.4, 0.5) is 10.5 Å². The highest BCUT2D eigenvalue weighted by molar-refractivity contribution is 5.92. The lowest BCUT2D eigenvalue weighted by Gasteiger charge is -2.39. The number of carbonyl (C=O) groups is 4. The van der Waals surface area contributed by atoms with Gasteiger partial charge in [-0.05, 0) is 104 Å². The van der Waals surface area contributed by atoms with E-state index >= 15 is 0 Å². The third-order valence-corrected chi connectivity index (χ3v) is 13.4. The molecule has 8 rings (SSSR count). The van der Waals surface area contributed by atoms with Crippen molar-refractivity contribution in [3.05, 3.63) is 100 Å². The van der Waals surface area contributed by atoms with E-state index in [9.17, 15) is 24.0 Å². The van der Waals surface area contributed by atoms with Crippen molar-refractivity contribution in [3.8, 4) is 0 Å². The minimum absolute atomic E-state index is 0.00849. The number of benzene rings is 2. The van der Waals surface area contributed by atoms with E-state index in [1.807, 2.05) is 71.3 Å². The normalized spacial score (nSPS) is 17.5. The Morgan fingerprint density at radius 3 is 2.29 bits per heavy atom. The Labute approximate surface area is 368 Å². The van der Waals surface area contributed by atoms with Crippen molar-refractivity contribution in [1.82, 2.24) is 45.5 Å². The zero-order chi connectivity index (χ0) is 43.9. The zero-order valence-corrected chi connectivity index (χ0v) is 36.5. The van der Waals surface area contributed by atoms with Gasteiger partial charge >= 0.3 is 6.03 Å². The Balaban J connectivity index is 0.988. The fourth-order valence-corrected chi connectivity index (χ4v) is 9.67. The van der Waals surface area contributed by atoms with Crippen molar-refractivity contribution in [2.24, 2.45) is 5.92 Å². The molecule has 3 aliphatic rings. The number of hydrogen-bond donors (Lipinski definition) is 4. The SMILES string of the molecule is CCCCC(=O)N1CCC(C[C@H](NC(=O)[C@H](Cc2cc(C)c3[nH]ncc3c2)NC(=O)N2CCC(c3cc4ccccc4[nH]c3=O)CC2)C(=O)N2CCN(c3ccncc3)CC2)CC1. The lowest BCUT2D eigenvalue weighted by molar-refractivity contribution is -0.138. The molecular weight excluding hydrogens is 797 g/mol. The van der Waals surface area contributed by atoms with Crippen molar-refractivity contribution < 1.29 is 19.2 Å². The number of aryl methyl sites for hydroxylation is 1. The first-order valence-electron chi connectivity index (χ1n) is 22.8. The predicted octanol–water partition coefficient (Wildman–Crippen LogP) is 5.26. The number of urea groups is 1. The summed E-state index contributed by atoms with van der Waals surface area (Å²) in [5, 5.41) is 15.4. The monoisotopic (exact) mass is 856 g/mol. The molecule has 2 atom stereocenters. The van der Waals surface area contributed by atoms with Gasteiger partial charge in [0.05, 0.1) is 11.7 Å². The number of amides is 5. The molecule has 6 heterocycles. The van der Waals surface area contributed by atoms with Gasteiger partial charge in [-0.1, -0.05) is 37.6 Å². The molecule has 15 heteroatoms. The molecule has 0 radical (unpaired) electrons. The Kier molecular flexibility index (Phi) is 13.7. The minimum Gasteiger partial charge on any atom is -0.368 e. The second-order valence-corrected chi connectivity index (χ2v) is 17.6. The summed E-state index contributed by atoms with van der Waals surface area (Å²) in [5.74, 6) is -0.261. The maximum absolute atomic E-state index is 14.7. The number of fused-ring (bicyclic) bond motifs is 2. The first-order chi connectivity index (χ1) is 30.6. The van der Waals surface area contributed by atoms with Crippen LogP contribution in [0.3, 0.4) is 0 Å². The average Bonchev–Trinajstić information content (AvgIpc) is 3.80. The van der Waals surface area contributed by atoms with E-state index in [-0.39, 0.29) is 41.7 Å². The number of hydrogen-bond acceptors (Lipinski definition) is 8. The second-order valence-electron chi connectivity index (χ2n) is 17.6. The number of aromatic amines is 2. The maximum Gasteiger partial charge on any atom is 0.318 e. The van der Waals surface area contributed by atoms with Gasteiger partial charge in [-0.25, -0.2) is 4.79 Å². The van der Waals surface area contributed by atoms with Crippen molar-refractivity contribution in [3.63, 3.8) is 0 Å². The van der Waals surface area contributed by atoms with Gasteiger partial charge in [0.1, 0.15) is 12.1 Å². The molecule has 0 spiro atoms. The molecule has 4 N–H and O–H groups in total. The van der Waals surface area contributed by atoms with Crippen molar-refractivity contribution in [1.29, 1.82) is 0 Å². The quantitative estimate of drug-likeness (QED) is 0.124. The number of para-hydroxylation sites is 1. The summed E-state index contributed by atoms with van der Waals surface area (Å²) < 4.78 is 0. The number of rotatable bonds is 13. The van der Waals surface area contributed by atoms with Crippen LogP contribution in [0.25, 0.3) is 21.8 Å². The Bertz CT molecular complexity index is 2450. The van der Waals surface area contributed by atoms with Gasteiger partial charge < -0.3 is 35.2 Å². The van der Waals surface area contributed by atoms with Crippen LogP contribution in [0.5, 0.6) is 0 Å². The summed E-state index contributed by atoms with van der Waals surface area (Å²) >= 11 is 0.